The third kappa shape index (κ3) is 5.16. The van der Waals surface area contributed by atoms with Crippen LogP contribution in [0.15, 0.2) is 52.2 Å². The fourth-order valence-electron chi connectivity index (χ4n) is 2.43. The molecule has 0 atom stereocenters. The summed E-state index contributed by atoms with van der Waals surface area (Å²) in [6.45, 7) is 4.21. The van der Waals surface area contributed by atoms with E-state index < -0.39 is 0 Å². The molecule has 0 spiro atoms. The Balaban J connectivity index is 1.55. The lowest BCUT2D eigenvalue weighted by molar-refractivity contribution is -0.115. The number of thiazole rings is 1. The minimum Gasteiger partial charge on any atom is -0.326 e. The summed E-state index contributed by atoms with van der Waals surface area (Å²) in [5.41, 5.74) is 5.16. The maximum atomic E-state index is 12.9. The van der Waals surface area contributed by atoms with Gasteiger partial charge in [-0.2, -0.15) is 0 Å². The van der Waals surface area contributed by atoms with E-state index in [1.807, 2.05) is 5.38 Å². The van der Waals surface area contributed by atoms with Crippen LogP contribution in [0.5, 0.6) is 0 Å². The van der Waals surface area contributed by atoms with Crippen LogP contribution in [0, 0.1) is 19.7 Å². The van der Waals surface area contributed by atoms with Crippen LogP contribution in [0.2, 0.25) is 0 Å². The summed E-state index contributed by atoms with van der Waals surface area (Å²) in [7, 11) is 0. The van der Waals surface area contributed by atoms with Crippen LogP contribution in [0.1, 0.15) is 22.4 Å². The molecule has 134 valence electrons. The number of thioether (sulfide) groups is 1. The molecule has 0 saturated heterocycles. The number of nitrogens with zero attached hydrogens (tertiary/aromatic N) is 1. The number of nitrogens with one attached hydrogen (secondary N) is 1. The third-order valence-electron chi connectivity index (χ3n) is 3.86. The van der Waals surface area contributed by atoms with E-state index in [-0.39, 0.29) is 18.1 Å². The standard InChI is InChI=1S/C20H19FN2OS2/c1-13-3-4-14(2)15(9-13)11-25-20-23-18(12-26-20)10-19(24)22-17-7-5-16(21)6-8-17/h3-9,12H,10-11H2,1-2H3,(H,22,24). The van der Waals surface area contributed by atoms with E-state index in [0.717, 1.165) is 15.8 Å². The molecule has 0 aliphatic carbocycles. The number of rotatable bonds is 6. The highest BCUT2D eigenvalue weighted by atomic mass is 32.2. The molecule has 0 bridgehead atoms. The Morgan fingerprint density at radius 3 is 2.73 bits per heavy atom. The van der Waals surface area contributed by atoms with Gasteiger partial charge in [0.05, 0.1) is 12.1 Å². The van der Waals surface area contributed by atoms with Crippen LogP contribution < -0.4 is 5.32 Å². The van der Waals surface area contributed by atoms with Gasteiger partial charge < -0.3 is 5.32 Å². The van der Waals surface area contributed by atoms with E-state index in [4.69, 9.17) is 0 Å². The van der Waals surface area contributed by atoms with Crippen molar-refractivity contribution in [3.63, 3.8) is 0 Å². The van der Waals surface area contributed by atoms with Gasteiger partial charge in [-0.25, -0.2) is 9.37 Å². The normalized spacial score (nSPS) is 10.7. The van der Waals surface area contributed by atoms with Gasteiger partial charge in [0.25, 0.3) is 0 Å². The van der Waals surface area contributed by atoms with Gasteiger partial charge in [-0.3, -0.25) is 4.79 Å². The number of aromatic nitrogens is 1. The number of carbonyl (C=O) groups excluding carboxylic acids is 1. The van der Waals surface area contributed by atoms with Crippen LogP contribution in [-0.4, -0.2) is 10.9 Å². The zero-order valence-corrected chi connectivity index (χ0v) is 16.2. The summed E-state index contributed by atoms with van der Waals surface area (Å²) < 4.78 is 13.8. The van der Waals surface area contributed by atoms with Crippen LogP contribution in [-0.2, 0) is 17.0 Å². The van der Waals surface area contributed by atoms with E-state index in [1.54, 1.807) is 35.2 Å². The number of anilines is 1. The number of amides is 1. The molecule has 6 heteroatoms. The Hall–Kier alpha value is -2.18. The van der Waals surface area contributed by atoms with Gasteiger partial charge in [0.1, 0.15) is 10.2 Å². The first-order valence-corrected chi connectivity index (χ1v) is 10.0. The van der Waals surface area contributed by atoms with Crippen LogP contribution >= 0.6 is 23.1 Å². The molecule has 1 N–H and O–H groups in total. The lowest BCUT2D eigenvalue weighted by Crippen LogP contribution is -2.14. The first-order valence-electron chi connectivity index (χ1n) is 8.18. The van der Waals surface area contributed by atoms with Gasteiger partial charge in [0.2, 0.25) is 5.91 Å². The second kappa shape index (κ2) is 8.47. The zero-order chi connectivity index (χ0) is 18.5. The van der Waals surface area contributed by atoms with Crippen LogP contribution in [0.3, 0.4) is 0 Å². The van der Waals surface area contributed by atoms with Gasteiger partial charge >= 0.3 is 0 Å². The molecule has 1 heterocycles. The van der Waals surface area contributed by atoms with Crippen LogP contribution in [0.4, 0.5) is 10.1 Å². The van der Waals surface area contributed by atoms with Gasteiger partial charge in [0, 0.05) is 16.8 Å². The van der Waals surface area contributed by atoms with Crippen molar-refractivity contribution in [2.24, 2.45) is 0 Å². The monoisotopic (exact) mass is 386 g/mol. The van der Waals surface area contributed by atoms with Crippen molar-refractivity contribution in [2.45, 2.75) is 30.4 Å². The topological polar surface area (TPSA) is 42.0 Å². The lowest BCUT2D eigenvalue weighted by Gasteiger charge is -2.05. The maximum Gasteiger partial charge on any atom is 0.230 e. The Labute approximate surface area is 160 Å². The molecule has 2 aromatic carbocycles. The summed E-state index contributed by atoms with van der Waals surface area (Å²) in [4.78, 5) is 16.6. The molecule has 0 fully saturated rings. The van der Waals surface area contributed by atoms with Crippen LogP contribution in [0.25, 0.3) is 0 Å². The molecule has 3 nitrogen and oxygen atoms in total. The molecular weight excluding hydrogens is 367 g/mol. The summed E-state index contributed by atoms with van der Waals surface area (Å²) >= 11 is 3.24. The van der Waals surface area contributed by atoms with E-state index >= 15 is 0 Å². The minimum absolute atomic E-state index is 0.159. The smallest absolute Gasteiger partial charge is 0.230 e. The van der Waals surface area contributed by atoms with Crippen molar-refractivity contribution in [1.82, 2.24) is 4.98 Å². The fourth-order valence-corrected chi connectivity index (χ4v) is 4.34. The molecule has 3 aromatic rings. The summed E-state index contributed by atoms with van der Waals surface area (Å²) in [6.07, 6.45) is 0.206. The Morgan fingerprint density at radius 1 is 1.19 bits per heavy atom. The Bertz CT molecular complexity index is 906. The zero-order valence-electron chi connectivity index (χ0n) is 14.6. The molecule has 3 rings (SSSR count). The Morgan fingerprint density at radius 2 is 1.96 bits per heavy atom. The van der Waals surface area contributed by atoms with Crippen molar-refractivity contribution < 1.29 is 9.18 Å². The number of hydrogen-bond acceptors (Lipinski definition) is 4. The predicted molar refractivity (Wildman–Crippen MR) is 106 cm³/mol. The second-order valence-electron chi connectivity index (χ2n) is 6.06. The number of carbonyl (C=O) groups is 1. The third-order valence-corrected chi connectivity index (χ3v) is 5.97. The Kier molecular flexibility index (Phi) is 6.06. The van der Waals surface area contributed by atoms with Crippen molar-refractivity contribution in [1.29, 1.82) is 0 Å². The first-order chi connectivity index (χ1) is 12.5. The molecule has 0 saturated carbocycles. The highest BCUT2D eigenvalue weighted by Crippen LogP contribution is 2.28. The summed E-state index contributed by atoms with van der Waals surface area (Å²) in [5.74, 6) is 0.378. The van der Waals surface area contributed by atoms with Gasteiger partial charge in [-0.05, 0) is 49.2 Å². The summed E-state index contributed by atoms with van der Waals surface area (Å²) in [5, 5.41) is 4.66. The van der Waals surface area contributed by atoms with Gasteiger partial charge in [0.15, 0.2) is 0 Å². The average molecular weight is 387 g/mol. The maximum absolute atomic E-state index is 12.9. The minimum atomic E-state index is -0.326. The molecule has 0 aliphatic rings. The molecule has 1 aromatic heterocycles. The highest BCUT2D eigenvalue weighted by molar-refractivity contribution is 8.00. The van der Waals surface area contributed by atoms with Crippen molar-refractivity contribution in [2.75, 3.05) is 5.32 Å². The number of halogens is 1. The van der Waals surface area contributed by atoms with Crippen molar-refractivity contribution in [3.05, 3.63) is 76.0 Å². The summed E-state index contributed by atoms with van der Waals surface area (Å²) in [6, 6.07) is 12.2. The first kappa shape index (κ1) is 18.6. The van der Waals surface area contributed by atoms with E-state index in [0.29, 0.717) is 5.69 Å². The highest BCUT2D eigenvalue weighted by Gasteiger charge is 2.09. The molecule has 0 aliphatic heterocycles. The van der Waals surface area contributed by atoms with Crippen molar-refractivity contribution >= 4 is 34.7 Å². The number of hydrogen-bond donors (Lipinski definition) is 1. The van der Waals surface area contributed by atoms with Crippen molar-refractivity contribution in [3.8, 4) is 0 Å². The second-order valence-corrected chi connectivity index (χ2v) is 8.14. The molecule has 0 unspecified atom stereocenters. The van der Waals surface area contributed by atoms with E-state index in [2.05, 4.69) is 42.3 Å². The van der Waals surface area contributed by atoms with E-state index in [9.17, 15) is 9.18 Å². The molecular formula is C20H19FN2OS2. The SMILES string of the molecule is Cc1ccc(C)c(CSc2nc(CC(=O)Nc3ccc(F)cc3)cs2)c1. The number of benzene rings is 2. The largest absolute Gasteiger partial charge is 0.326 e. The average Bonchev–Trinajstić information content (AvgIpc) is 3.05. The molecule has 0 radical (unpaired) electrons. The molecule has 26 heavy (non-hydrogen) atoms. The molecule has 1 amide bonds. The lowest BCUT2D eigenvalue weighted by atomic mass is 10.1. The quantitative estimate of drug-likeness (QED) is 0.579. The van der Waals surface area contributed by atoms with Gasteiger partial charge in [-0.15, -0.1) is 11.3 Å². The number of aryl methyl sites for hydroxylation is 2. The van der Waals surface area contributed by atoms with E-state index in [1.165, 1.54) is 28.8 Å². The fraction of sp³-hybridized carbons (Fsp3) is 0.200. The van der Waals surface area contributed by atoms with Gasteiger partial charge in [-0.1, -0.05) is 35.5 Å². The predicted octanol–water partition coefficient (Wildman–Crippen LogP) is 5.37.